The number of hydrogen-bond donors (Lipinski definition) is 0. The van der Waals surface area contributed by atoms with Gasteiger partial charge < -0.3 is 9.80 Å². The van der Waals surface area contributed by atoms with Crippen molar-refractivity contribution in [3.8, 4) is 0 Å². The van der Waals surface area contributed by atoms with E-state index in [2.05, 4.69) is 0 Å². The minimum absolute atomic E-state index is 0.0995. The molecular weight excluding hydrogens is 596 g/mol. The lowest BCUT2D eigenvalue weighted by Crippen LogP contribution is -2.15. The molecular formula is C32H24N6O8. The fraction of sp³-hybridized carbons (Fsp3) is 0.0625. The SMILES string of the molecule is Cc1cc(N(c2ccc([N+](=O)[O-])cc2)c2ccc([N+](=O)[O-])cc2)c(C)cc1N(c1ccc([N+](=O)[O-])cc1)c1ccc([N+](=O)[O-])cc1. The van der Waals surface area contributed by atoms with Gasteiger partial charge >= 0.3 is 0 Å². The van der Waals surface area contributed by atoms with Gasteiger partial charge in [0.05, 0.1) is 19.7 Å². The molecule has 5 aromatic carbocycles. The molecule has 0 fully saturated rings. The molecule has 0 aliphatic carbocycles. The van der Waals surface area contributed by atoms with Crippen molar-refractivity contribution < 1.29 is 19.7 Å². The first-order valence-corrected chi connectivity index (χ1v) is 13.6. The number of benzene rings is 5. The summed E-state index contributed by atoms with van der Waals surface area (Å²) in [5, 5.41) is 45.3. The molecule has 0 unspecified atom stereocenters. The lowest BCUT2D eigenvalue weighted by atomic mass is 10.0. The number of nitro groups is 4. The Balaban J connectivity index is 1.67. The summed E-state index contributed by atoms with van der Waals surface area (Å²) in [7, 11) is 0. The highest BCUT2D eigenvalue weighted by Crippen LogP contribution is 2.43. The van der Waals surface area contributed by atoms with Crippen LogP contribution in [0.25, 0.3) is 0 Å². The van der Waals surface area contributed by atoms with Crippen LogP contribution < -0.4 is 9.80 Å². The number of hydrogen-bond acceptors (Lipinski definition) is 10. The van der Waals surface area contributed by atoms with Gasteiger partial charge in [-0.1, -0.05) is 0 Å². The van der Waals surface area contributed by atoms with E-state index in [9.17, 15) is 40.5 Å². The molecule has 0 saturated carbocycles. The van der Waals surface area contributed by atoms with Gasteiger partial charge in [0.1, 0.15) is 0 Å². The maximum atomic E-state index is 11.3. The lowest BCUT2D eigenvalue weighted by Gasteiger charge is -2.31. The Bertz CT molecular complexity index is 1700. The van der Waals surface area contributed by atoms with Gasteiger partial charge in [-0.2, -0.15) is 0 Å². The summed E-state index contributed by atoms with van der Waals surface area (Å²) in [5.74, 6) is 0. The fourth-order valence-corrected chi connectivity index (χ4v) is 5.02. The van der Waals surface area contributed by atoms with E-state index in [4.69, 9.17) is 0 Å². The smallest absolute Gasteiger partial charge is 0.269 e. The van der Waals surface area contributed by atoms with Crippen molar-refractivity contribution in [2.45, 2.75) is 13.8 Å². The first kappa shape index (κ1) is 30.7. The van der Waals surface area contributed by atoms with Crippen LogP contribution in [0.2, 0.25) is 0 Å². The second-order valence-corrected chi connectivity index (χ2v) is 10.2. The van der Waals surface area contributed by atoms with Crippen LogP contribution in [-0.2, 0) is 0 Å². The Morgan fingerprint density at radius 3 is 0.761 bits per heavy atom. The van der Waals surface area contributed by atoms with Crippen LogP contribution in [0.5, 0.6) is 0 Å². The number of aryl methyl sites for hydroxylation is 2. The van der Waals surface area contributed by atoms with Crippen molar-refractivity contribution in [2.75, 3.05) is 9.80 Å². The van der Waals surface area contributed by atoms with Crippen molar-refractivity contribution in [1.29, 1.82) is 0 Å². The highest BCUT2D eigenvalue weighted by Gasteiger charge is 2.22. The summed E-state index contributed by atoms with van der Waals surface area (Å²) < 4.78 is 0. The van der Waals surface area contributed by atoms with E-state index in [1.54, 1.807) is 48.5 Å². The van der Waals surface area contributed by atoms with Crippen LogP contribution in [0.4, 0.5) is 56.9 Å². The summed E-state index contributed by atoms with van der Waals surface area (Å²) in [5.41, 5.74) is 4.71. The first-order chi connectivity index (χ1) is 21.9. The van der Waals surface area contributed by atoms with E-state index in [1.165, 1.54) is 48.5 Å². The predicted molar refractivity (Wildman–Crippen MR) is 172 cm³/mol. The molecule has 0 heterocycles. The molecule has 0 saturated heterocycles. The molecule has 0 radical (unpaired) electrons. The van der Waals surface area contributed by atoms with Gasteiger partial charge in [0, 0.05) is 82.7 Å². The summed E-state index contributed by atoms with van der Waals surface area (Å²) in [6.07, 6.45) is 0. The molecule has 0 N–H and O–H groups in total. The third kappa shape index (κ3) is 6.16. The standard InChI is InChI=1S/C32H24N6O8/c1-21-19-32(34(25-7-15-29(16-8-25)37(43)44)26-9-17-30(18-10-26)38(45)46)22(2)20-31(21)33(23-3-11-27(12-4-23)35(39)40)24-5-13-28(14-6-24)36(41)42/h3-20H,1-2H3. The van der Waals surface area contributed by atoms with Crippen LogP contribution in [-0.4, -0.2) is 19.7 Å². The van der Waals surface area contributed by atoms with E-state index in [1.807, 2.05) is 35.8 Å². The van der Waals surface area contributed by atoms with E-state index >= 15 is 0 Å². The van der Waals surface area contributed by atoms with Gasteiger partial charge in [0.2, 0.25) is 0 Å². The average Bonchev–Trinajstić information content (AvgIpc) is 3.04. The Morgan fingerprint density at radius 2 is 0.587 bits per heavy atom. The number of non-ortho nitro benzene ring substituents is 4. The van der Waals surface area contributed by atoms with Crippen molar-refractivity contribution in [1.82, 2.24) is 0 Å². The van der Waals surface area contributed by atoms with Gasteiger partial charge in [-0.05, 0) is 85.6 Å². The van der Waals surface area contributed by atoms with Gasteiger partial charge in [0.15, 0.2) is 0 Å². The van der Waals surface area contributed by atoms with Crippen LogP contribution in [0.15, 0.2) is 109 Å². The lowest BCUT2D eigenvalue weighted by molar-refractivity contribution is -0.385. The van der Waals surface area contributed by atoms with Crippen molar-refractivity contribution in [3.05, 3.63) is 161 Å². The second kappa shape index (κ2) is 12.5. The first-order valence-electron chi connectivity index (χ1n) is 13.6. The molecule has 0 atom stereocenters. The number of nitrogens with zero attached hydrogens (tertiary/aromatic N) is 6. The fourth-order valence-electron chi connectivity index (χ4n) is 5.02. The summed E-state index contributed by atoms with van der Waals surface area (Å²) in [6.45, 7) is 3.71. The van der Waals surface area contributed by atoms with E-state index < -0.39 is 19.7 Å². The molecule has 14 heteroatoms. The second-order valence-electron chi connectivity index (χ2n) is 10.2. The molecule has 5 rings (SSSR count). The zero-order valence-electron chi connectivity index (χ0n) is 24.3. The van der Waals surface area contributed by atoms with Crippen LogP contribution in [0.1, 0.15) is 11.1 Å². The minimum atomic E-state index is -0.505. The largest absolute Gasteiger partial charge is 0.310 e. The quantitative estimate of drug-likeness (QED) is 0.108. The van der Waals surface area contributed by atoms with Gasteiger partial charge in [-0.15, -0.1) is 0 Å². The molecule has 0 bridgehead atoms. The zero-order chi connectivity index (χ0) is 33.1. The molecule has 46 heavy (non-hydrogen) atoms. The van der Waals surface area contributed by atoms with E-state index in [-0.39, 0.29) is 22.7 Å². The van der Waals surface area contributed by atoms with Crippen LogP contribution >= 0.6 is 0 Å². The summed E-state index contributed by atoms with van der Waals surface area (Å²) >= 11 is 0. The van der Waals surface area contributed by atoms with Gasteiger partial charge in [0.25, 0.3) is 22.7 Å². The molecule has 0 aliphatic heterocycles. The Labute approximate surface area is 261 Å². The van der Waals surface area contributed by atoms with Crippen LogP contribution in [0, 0.1) is 54.3 Å². The molecule has 14 nitrogen and oxygen atoms in total. The topological polar surface area (TPSA) is 179 Å². The maximum Gasteiger partial charge on any atom is 0.269 e. The van der Waals surface area contributed by atoms with Crippen molar-refractivity contribution in [2.24, 2.45) is 0 Å². The normalized spacial score (nSPS) is 10.7. The highest BCUT2D eigenvalue weighted by molar-refractivity contribution is 5.85. The molecule has 230 valence electrons. The molecule has 0 aromatic heterocycles. The Hall–Kier alpha value is -6.70. The maximum absolute atomic E-state index is 11.3. The third-order valence-electron chi connectivity index (χ3n) is 7.27. The van der Waals surface area contributed by atoms with Gasteiger partial charge in [-0.3, -0.25) is 40.5 Å². The average molecular weight is 621 g/mol. The van der Waals surface area contributed by atoms with Crippen molar-refractivity contribution in [3.63, 3.8) is 0 Å². The highest BCUT2D eigenvalue weighted by atomic mass is 16.6. The number of rotatable bonds is 10. The van der Waals surface area contributed by atoms with Crippen molar-refractivity contribution >= 4 is 56.9 Å². The minimum Gasteiger partial charge on any atom is -0.310 e. The monoisotopic (exact) mass is 620 g/mol. The zero-order valence-corrected chi connectivity index (χ0v) is 24.3. The number of nitro benzene ring substituents is 4. The summed E-state index contributed by atoms with van der Waals surface area (Å²) in [6, 6.07) is 27.4. The predicted octanol–water partition coefficient (Wildman–Crippen LogP) is 8.88. The van der Waals surface area contributed by atoms with E-state index in [0.717, 1.165) is 11.1 Å². The Kier molecular flexibility index (Phi) is 8.35. The summed E-state index contributed by atoms with van der Waals surface area (Å²) in [4.78, 5) is 46.9. The number of anilines is 6. The van der Waals surface area contributed by atoms with Gasteiger partial charge in [-0.25, -0.2) is 0 Å². The van der Waals surface area contributed by atoms with E-state index in [0.29, 0.717) is 34.1 Å². The van der Waals surface area contributed by atoms with Crippen LogP contribution in [0.3, 0.4) is 0 Å². The molecule has 5 aromatic rings. The third-order valence-corrected chi connectivity index (χ3v) is 7.27. The molecule has 0 amide bonds. The Morgan fingerprint density at radius 1 is 0.391 bits per heavy atom. The molecule has 0 spiro atoms. The molecule has 0 aliphatic rings.